The topological polar surface area (TPSA) is 92.7 Å². The summed E-state index contributed by atoms with van der Waals surface area (Å²) in [5.74, 6) is -0.320. The zero-order valence-corrected chi connectivity index (χ0v) is 10.2. The molecule has 0 aliphatic heterocycles. The third-order valence-corrected chi connectivity index (χ3v) is 3.02. The van der Waals surface area contributed by atoms with E-state index >= 15 is 0 Å². The highest BCUT2D eigenvalue weighted by Crippen LogP contribution is 2.35. The van der Waals surface area contributed by atoms with Crippen molar-refractivity contribution in [1.82, 2.24) is 24.8 Å². The first-order chi connectivity index (χ1) is 9.24. The molecule has 0 saturated heterocycles. The molecular formula is C12H13N5O2. The van der Waals surface area contributed by atoms with Gasteiger partial charge >= 0.3 is 0 Å². The SMILES string of the molecule is O=C(NCc1cncn1C1CC1)c1c[nH]c(=O)cn1. The van der Waals surface area contributed by atoms with Crippen molar-refractivity contribution in [3.8, 4) is 0 Å². The number of amides is 1. The lowest BCUT2D eigenvalue weighted by atomic mass is 10.4. The summed E-state index contributed by atoms with van der Waals surface area (Å²) in [6.45, 7) is 0.399. The van der Waals surface area contributed by atoms with Crippen LogP contribution in [0.25, 0.3) is 0 Å². The lowest BCUT2D eigenvalue weighted by Gasteiger charge is -2.07. The first-order valence-electron chi connectivity index (χ1n) is 6.07. The van der Waals surface area contributed by atoms with Crippen LogP contribution in [-0.2, 0) is 6.54 Å². The Morgan fingerprint density at radius 3 is 3.00 bits per heavy atom. The zero-order chi connectivity index (χ0) is 13.2. The standard InChI is InChI=1S/C12H13N5O2/c18-11-6-14-10(5-15-11)12(19)16-4-9-3-13-7-17(9)8-1-2-8/h3,5-8H,1-2,4H2,(H,15,18)(H,16,19). The third-order valence-electron chi connectivity index (χ3n) is 3.02. The van der Waals surface area contributed by atoms with Gasteiger partial charge in [-0.05, 0) is 12.8 Å². The molecule has 2 N–H and O–H groups in total. The Morgan fingerprint density at radius 2 is 2.32 bits per heavy atom. The summed E-state index contributed by atoms with van der Waals surface area (Å²) in [6, 6.07) is 0.528. The second-order valence-corrected chi connectivity index (χ2v) is 4.50. The number of H-pyrrole nitrogens is 1. The van der Waals surface area contributed by atoms with Crippen LogP contribution in [0.2, 0.25) is 0 Å². The average molecular weight is 259 g/mol. The van der Waals surface area contributed by atoms with Crippen LogP contribution in [0.1, 0.15) is 35.1 Å². The molecule has 0 atom stereocenters. The molecule has 7 nitrogen and oxygen atoms in total. The molecule has 0 aromatic carbocycles. The maximum atomic E-state index is 11.8. The molecule has 0 unspecified atom stereocenters. The minimum absolute atomic E-state index is 0.192. The lowest BCUT2D eigenvalue weighted by molar-refractivity contribution is 0.0944. The third kappa shape index (κ3) is 2.54. The van der Waals surface area contributed by atoms with Crippen molar-refractivity contribution in [1.29, 1.82) is 0 Å². The minimum atomic E-state index is -0.330. The molecule has 0 spiro atoms. The molecule has 3 rings (SSSR count). The molecule has 1 aliphatic rings. The number of nitrogens with one attached hydrogen (secondary N) is 2. The van der Waals surface area contributed by atoms with Crippen LogP contribution in [0.15, 0.2) is 29.7 Å². The van der Waals surface area contributed by atoms with Gasteiger partial charge in [-0.1, -0.05) is 0 Å². The number of aromatic nitrogens is 4. The number of rotatable bonds is 4. The molecule has 1 fully saturated rings. The van der Waals surface area contributed by atoms with Crippen LogP contribution in [0.4, 0.5) is 0 Å². The predicted molar refractivity (Wildman–Crippen MR) is 66.5 cm³/mol. The molecular weight excluding hydrogens is 246 g/mol. The van der Waals surface area contributed by atoms with E-state index in [-0.39, 0.29) is 17.2 Å². The Balaban J connectivity index is 1.65. The normalized spacial score (nSPS) is 14.3. The number of imidazole rings is 1. The summed E-state index contributed by atoms with van der Waals surface area (Å²) < 4.78 is 2.08. The number of aromatic amines is 1. The molecule has 2 heterocycles. The fourth-order valence-electron chi connectivity index (χ4n) is 1.88. The molecule has 1 saturated carbocycles. The second kappa shape index (κ2) is 4.68. The fraction of sp³-hybridized carbons (Fsp3) is 0.333. The molecule has 2 aromatic heterocycles. The maximum Gasteiger partial charge on any atom is 0.271 e. The molecule has 7 heteroatoms. The highest BCUT2D eigenvalue weighted by atomic mass is 16.2. The second-order valence-electron chi connectivity index (χ2n) is 4.50. The Kier molecular flexibility index (Phi) is 2.86. The Bertz CT molecular complexity index is 636. The monoisotopic (exact) mass is 259 g/mol. The fourth-order valence-corrected chi connectivity index (χ4v) is 1.88. The van der Waals surface area contributed by atoms with Crippen molar-refractivity contribution < 1.29 is 4.79 Å². The van der Waals surface area contributed by atoms with E-state index in [1.165, 1.54) is 19.0 Å². The molecule has 0 radical (unpaired) electrons. The van der Waals surface area contributed by atoms with Crippen molar-refractivity contribution >= 4 is 5.91 Å². The van der Waals surface area contributed by atoms with E-state index in [0.29, 0.717) is 12.6 Å². The Hall–Kier alpha value is -2.44. The van der Waals surface area contributed by atoms with Gasteiger partial charge < -0.3 is 14.9 Å². The summed E-state index contributed by atoms with van der Waals surface area (Å²) in [7, 11) is 0. The van der Waals surface area contributed by atoms with Crippen molar-refractivity contribution in [2.24, 2.45) is 0 Å². The van der Waals surface area contributed by atoms with E-state index in [1.54, 1.807) is 12.5 Å². The van der Waals surface area contributed by atoms with Crippen molar-refractivity contribution in [3.63, 3.8) is 0 Å². The van der Waals surface area contributed by atoms with Gasteiger partial charge in [-0.3, -0.25) is 9.59 Å². The largest absolute Gasteiger partial charge is 0.345 e. The number of hydrogen-bond donors (Lipinski definition) is 2. The quantitative estimate of drug-likeness (QED) is 0.822. The van der Waals surface area contributed by atoms with Gasteiger partial charge in [0.1, 0.15) is 5.69 Å². The van der Waals surface area contributed by atoms with Gasteiger partial charge in [-0.15, -0.1) is 0 Å². The minimum Gasteiger partial charge on any atom is -0.345 e. The van der Waals surface area contributed by atoms with E-state index in [4.69, 9.17) is 0 Å². The summed E-state index contributed by atoms with van der Waals surface area (Å²) >= 11 is 0. The van der Waals surface area contributed by atoms with Crippen LogP contribution >= 0.6 is 0 Å². The number of carbonyl (C=O) groups excluding carboxylic acids is 1. The van der Waals surface area contributed by atoms with Gasteiger partial charge in [0.25, 0.3) is 11.5 Å². The molecule has 98 valence electrons. The van der Waals surface area contributed by atoms with Gasteiger partial charge in [-0.2, -0.15) is 0 Å². The van der Waals surface area contributed by atoms with Gasteiger partial charge in [0.2, 0.25) is 0 Å². The van der Waals surface area contributed by atoms with Gasteiger partial charge in [0, 0.05) is 18.4 Å². The summed E-state index contributed by atoms with van der Waals surface area (Å²) in [4.78, 5) is 33.0. The van der Waals surface area contributed by atoms with Gasteiger partial charge in [0.15, 0.2) is 0 Å². The first-order valence-corrected chi connectivity index (χ1v) is 6.07. The van der Waals surface area contributed by atoms with E-state index in [0.717, 1.165) is 11.9 Å². The average Bonchev–Trinajstić information content (AvgIpc) is 3.16. The first kappa shape index (κ1) is 11.6. The molecule has 1 aliphatic carbocycles. The van der Waals surface area contributed by atoms with Crippen LogP contribution in [0.3, 0.4) is 0 Å². The van der Waals surface area contributed by atoms with Crippen LogP contribution in [0.5, 0.6) is 0 Å². The number of carbonyl (C=O) groups is 1. The van der Waals surface area contributed by atoms with E-state index < -0.39 is 0 Å². The highest BCUT2D eigenvalue weighted by Gasteiger charge is 2.25. The van der Waals surface area contributed by atoms with Gasteiger partial charge in [0.05, 0.1) is 24.8 Å². The van der Waals surface area contributed by atoms with E-state index in [1.807, 2.05) is 0 Å². The number of nitrogens with zero attached hydrogens (tertiary/aromatic N) is 3. The summed E-state index contributed by atoms with van der Waals surface area (Å²) in [5, 5.41) is 2.76. The maximum absolute atomic E-state index is 11.8. The zero-order valence-electron chi connectivity index (χ0n) is 10.2. The van der Waals surface area contributed by atoms with Crippen molar-refractivity contribution in [3.05, 3.63) is 46.7 Å². The highest BCUT2D eigenvalue weighted by molar-refractivity contribution is 5.91. The molecule has 1 amide bonds. The Morgan fingerprint density at radius 1 is 1.47 bits per heavy atom. The summed E-state index contributed by atoms with van der Waals surface area (Å²) in [5.41, 5.74) is 0.834. The summed E-state index contributed by atoms with van der Waals surface area (Å²) in [6.07, 6.45) is 8.26. The smallest absolute Gasteiger partial charge is 0.271 e. The van der Waals surface area contributed by atoms with Crippen LogP contribution < -0.4 is 10.9 Å². The van der Waals surface area contributed by atoms with Crippen LogP contribution in [0, 0.1) is 0 Å². The van der Waals surface area contributed by atoms with E-state index in [2.05, 4.69) is 24.8 Å². The molecule has 0 bridgehead atoms. The molecule has 19 heavy (non-hydrogen) atoms. The lowest BCUT2D eigenvalue weighted by Crippen LogP contribution is -2.26. The molecule has 2 aromatic rings. The van der Waals surface area contributed by atoms with Crippen LogP contribution in [-0.4, -0.2) is 25.4 Å². The van der Waals surface area contributed by atoms with Gasteiger partial charge in [-0.25, -0.2) is 9.97 Å². The van der Waals surface area contributed by atoms with Crippen molar-refractivity contribution in [2.75, 3.05) is 0 Å². The number of hydrogen-bond acceptors (Lipinski definition) is 4. The van der Waals surface area contributed by atoms with Crippen molar-refractivity contribution in [2.45, 2.75) is 25.4 Å². The van der Waals surface area contributed by atoms with E-state index in [9.17, 15) is 9.59 Å². The Labute approximate surface area is 108 Å². The predicted octanol–water partition coefficient (Wildman–Crippen LogP) is 0.231.